The van der Waals surface area contributed by atoms with Crippen molar-refractivity contribution in [3.63, 3.8) is 0 Å². The summed E-state index contributed by atoms with van der Waals surface area (Å²) in [6.45, 7) is 4.80. The molecule has 394 valence electrons. The number of allylic oxidation sites excluding steroid dienone is 7. The van der Waals surface area contributed by atoms with E-state index in [1.54, 1.807) is 6.08 Å². The van der Waals surface area contributed by atoms with Crippen LogP contribution in [-0.2, 0) is 18.4 Å². The molecule has 0 rings (SSSR count). The number of nitrogens with one attached hydrogen (secondary N) is 1. The lowest BCUT2D eigenvalue weighted by molar-refractivity contribution is -0.870. The van der Waals surface area contributed by atoms with Crippen LogP contribution in [0, 0.1) is 0 Å². The molecule has 0 aromatic heterocycles. The molecular formula is C58H112N2O6P+. The third kappa shape index (κ3) is 52.1. The first-order valence-electron chi connectivity index (χ1n) is 28.5. The van der Waals surface area contributed by atoms with Crippen molar-refractivity contribution >= 4 is 13.7 Å². The molecule has 0 saturated carbocycles. The molecule has 0 aromatic rings. The summed E-state index contributed by atoms with van der Waals surface area (Å²) in [6, 6.07) is -0.873. The van der Waals surface area contributed by atoms with E-state index in [9.17, 15) is 19.4 Å². The van der Waals surface area contributed by atoms with E-state index in [2.05, 4.69) is 55.6 Å². The van der Waals surface area contributed by atoms with E-state index in [0.717, 1.165) is 44.9 Å². The number of rotatable bonds is 52. The zero-order chi connectivity index (χ0) is 49.2. The number of hydrogen-bond acceptors (Lipinski definition) is 5. The average molecular weight is 965 g/mol. The first-order chi connectivity index (χ1) is 32.5. The van der Waals surface area contributed by atoms with Gasteiger partial charge in [0, 0.05) is 6.42 Å². The Balaban J connectivity index is 4.29. The Bertz CT molecular complexity index is 1230. The van der Waals surface area contributed by atoms with E-state index in [-0.39, 0.29) is 19.1 Å². The minimum atomic E-state index is -4.36. The van der Waals surface area contributed by atoms with Crippen LogP contribution >= 0.6 is 7.82 Å². The van der Waals surface area contributed by atoms with E-state index >= 15 is 0 Å². The van der Waals surface area contributed by atoms with Crippen LogP contribution in [0.4, 0.5) is 0 Å². The monoisotopic (exact) mass is 964 g/mol. The van der Waals surface area contributed by atoms with E-state index in [1.165, 1.54) is 199 Å². The minimum absolute atomic E-state index is 0.0522. The molecule has 0 fully saturated rings. The maximum Gasteiger partial charge on any atom is 0.472 e. The van der Waals surface area contributed by atoms with Crippen LogP contribution in [0.3, 0.4) is 0 Å². The maximum atomic E-state index is 12.9. The Morgan fingerprint density at radius 1 is 0.493 bits per heavy atom. The van der Waals surface area contributed by atoms with Crippen LogP contribution in [0.2, 0.25) is 0 Å². The number of nitrogens with zero attached hydrogens (tertiary/aromatic N) is 1. The summed E-state index contributed by atoms with van der Waals surface area (Å²) in [4.78, 5) is 23.3. The zero-order valence-corrected chi connectivity index (χ0v) is 45.8. The highest BCUT2D eigenvalue weighted by Gasteiger charge is 2.27. The first-order valence-corrected chi connectivity index (χ1v) is 30.0. The van der Waals surface area contributed by atoms with Crippen molar-refractivity contribution in [1.82, 2.24) is 5.32 Å². The Morgan fingerprint density at radius 3 is 1.19 bits per heavy atom. The van der Waals surface area contributed by atoms with Crippen LogP contribution in [0.1, 0.15) is 264 Å². The number of likely N-dealkylation sites (N-methyl/N-ethyl adjacent to an activating group) is 1. The molecule has 0 saturated heterocycles. The fourth-order valence-corrected chi connectivity index (χ4v) is 8.98. The minimum Gasteiger partial charge on any atom is -0.387 e. The number of amides is 1. The van der Waals surface area contributed by atoms with Crippen molar-refractivity contribution in [2.75, 3.05) is 40.9 Å². The molecule has 0 aliphatic heterocycles. The van der Waals surface area contributed by atoms with Crippen LogP contribution < -0.4 is 5.32 Å². The number of unbranched alkanes of at least 4 members (excludes halogenated alkanes) is 33. The second-order valence-corrected chi connectivity index (χ2v) is 22.1. The number of aliphatic hydroxyl groups excluding tert-OH is 1. The standard InChI is InChI=1S/C58H111N2O6P/c1-6-8-10-12-14-16-18-20-22-24-26-27-28-29-30-31-32-33-34-35-37-39-41-43-45-47-49-51-57(61)56(55-66-67(63,64)65-54-53-60(3,4)5)59-58(62)52-50-48-46-44-42-40-38-36-25-23-21-19-17-15-13-11-9-7-2/h23,25,34-35,41,43,49,51,56-57,61H,6-22,24,26-33,36-40,42,44-48,50,52-55H2,1-5H3,(H-,59,62,63,64)/p+1/b25-23-,35-34+,43-41+,51-49+. The molecule has 0 aliphatic carbocycles. The Labute approximate surface area is 416 Å². The summed E-state index contributed by atoms with van der Waals surface area (Å²) in [7, 11) is 1.55. The third-order valence-electron chi connectivity index (χ3n) is 12.7. The number of quaternary nitrogens is 1. The lowest BCUT2D eigenvalue weighted by atomic mass is 10.0. The third-order valence-corrected chi connectivity index (χ3v) is 13.7. The van der Waals surface area contributed by atoms with Gasteiger partial charge >= 0.3 is 7.82 Å². The summed E-state index contributed by atoms with van der Waals surface area (Å²) in [6.07, 6.45) is 65.0. The van der Waals surface area contributed by atoms with Gasteiger partial charge in [-0.15, -0.1) is 0 Å². The Kier molecular flexibility index (Phi) is 48.3. The summed E-state index contributed by atoms with van der Waals surface area (Å²) in [5.41, 5.74) is 0. The van der Waals surface area contributed by atoms with Gasteiger partial charge in [-0.25, -0.2) is 4.57 Å². The Morgan fingerprint density at radius 2 is 0.821 bits per heavy atom. The SMILES string of the molecule is CCCCCCCCC/C=C\CCCCCCCCCC(=O)NC(COP(=O)(O)OCC[N+](C)(C)C)C(O)/C=C/CC/C=C/CC/C=C/CCCCCCCCCCCCCCCCCCC. The van der Waals surface area contributed by atoms with Crippen molar-refractivity contribution in [1.29, 1.82) is 0 Å². The van der Waals surface area contributed by atoms with Crippen molar-refractivity contribution in [2.24, 2.45) is 0 Å². The summed E-state index contributed by atoms with van der Waals surface area (Å²) in [5.74, 6) is -0.194. The molecule has 0 radical (unpaired) electrons. The van der Waals surface area contributed by atoms with Gasteiger partial charge in [0.15, 0.2) is 0 Å². The quantitative estimate of drug-likeness (QED) is 0.0243. The van der Waals surface area contributed by atoms with Crippen LogP contribution in [0.15, 0.2) is 48.6 Å². The second kappa shape index (κ2) is 49.4. The fourth-order valence-electron chi connectivity index (χ4n) is 8.25. The summed E-state index contributed by atoms with van der Waals surface area (Å²) in [5, 5.41) is 13.9. The van der Waals surface area contributed by atoms with Crippen molar-refractivity contribution in [3.8, 4) is 0 Å². The van der Waals surface area contributed by atoms with Gasteiger partial charge in [-0.3, -0.25) is 13.8 Å². The molecule has 0 spiro atoms. The molecule has 0 bridgehead atoms. The van der Waals surface area contributed by atoms with Gasteiger partial charge < -0.3 is 19.8 Å². The summed E-state index contributed by atoms with van der Waals surface area (Å²) < 4.78 is 23.7. The molecule has 3 N–H and O–H groups in total. The van der Waals surface area contributed by atoms with Crippen LogP contribution in [0.5, 0.6) is 0 Å². The molecule has 9 heteroatoms. The maximum absolute atomic E-state index is 12.9. The highest BCUT2D eigenvalue weighted by Crippen LogP contribution is 2.43. The molecule has 3 unspecified atom stereocenters. The highest BCUT2D eigenvalue weighted by atomic mass is 31.2. The average Bonchev–Trinajstić information content (AvgIpc) is 3.29. The number of hydrogen-bond donors (Lipinski definition) is 3. The predicted molar refractivity (Wildman–Crippen MR) is 291 cm³/mol. The van der Waals surface area contributed by atoms with Gasteiger partial charge in [-0.1, -0.05) is 236 Å². The number of phosphoric ester groups is 1. The highest BCUT2D eigenvalue weighted by molar-refractivity contribution is 7.47. The van der Waals surface area contributed by atoms with E-state index in [4.69, 9.17) is 9.05 Å². The topological polar surface area (TPSA) is 105 Å². The normalized spacial score (nSPS) is 14.3. The molecule has 67 heavy (non-hydrogen) atoms. The van der Waals surface area contributed by atoms with Gasteiger partial charge in [0.1, 0.15) is 13.2 Å². The molecule has 8 nitrogen and oxygen atoms in total. The molecule has 0 aliphatic rings. The first kappa shape index (κ1) is 65.5. The molecule has 1 amide bonds. The lowest BCUT2D eigenvalue weighted by Gasteiger charge is -2.25. The number of phosphoric acid groups is 1. The van der Waals surface area contributed by atoms with Crippen LogP contribution in [0.25, 0.3) is 0 Å². The van der Waals surface area contributed by atoms with Gasteiger partial charge in [-0.2, -0.15) is 0 Å². The fraction of sp³-hybridized carbons (Fsp3) is 0.845. The molecule has 0 aromatic carbocycles. The zero-order valence-electron chi connectivity index (χ0n) is 44.9. The number of aliphatic hydroxyl groups is 1. The largest absolute Gasteiger partial charge is 0.472 e. The van der Waals surface area contributed by atoms with E-state index in [1.807, 2.05) is 27.2 Å². The van der Waals surface area contributed by atoms with Gasteiger partial charge in [0.2, 0.25) is 5.91 Å². The molecular weight excluding hydrogens is 852 g/mol. The molecule has 0 heterocycles. The van der Waals surface area contributed by atoms with E-state index in [0.29, 0.717) is 17.4 Å². The van der Waals surface area contributed by atoms with Crippen molar-refractivity contribution in [3.05, 3.63) is 48.6 Å². The Hall–Kier alpha value is -1.54. The number of carbonyl (C=O) groups excluding carboxylic acids is 1. The predicted octanol–water partition coefficient (Wildman–Crippen LogP) is 17.2. The van der Waals surface area contributed by atoms with Crippen LogP contribution in [-0.4, -0.2) is 73.4 Å². The van der Waals surface area contributed by atoms with Gasteiger partial charge in [0.05, 0.1) is 39.9 Å². The van der Waals surface area contributed by atoms with Gasteiger partial charge in [-0.05, 0) is 70.6 Å². The smallest absolute Gasteiger partial charge is 0.387 e. The van der Waals surface area contributed by atoms with Crippen molar-refractivity contribution < 1.29 is 32.9 Å². The number of carbonyl (C=O) groups is 1. The molecule has 3 atom stereocenters. The lowest BCUT2D eigenvalue weighted by Crippen LogP contribution is -2.45. The van der Waals surface area contributed by atoms with Crippen molar-refractivity contribution in [2.45, 2.75) is 276 Å². The van der Waals surface area contributed by atoms with E-state index < -0.39 is 20.0 Å². The summed E-state index contributed by atoms with van der Waals surface area (Å²) >= 11 is 0. The van der Waals surface area contributed by atoms with Gasteiger partial charge in [0.25, 0.3) is 0 Å². The second-order valence-electron chi connectivity index (χ2n) is 20.6.